The van der Waals surface area contributed by atoms with Crippen molar-refractivity contribution in [2.45, 2.75) is 40.0 Å². The largest absolute Gasteiger partial charge is 0.573 e. The summed E-state index contributed by atoms with van der Waals surface area (Å²) in [5.41, 5.74) is 3.39. The van der Waals surface area contributed by atoms with Crippen molar-refractivity contribution in [1.29, 1.82) is 0 Å². The monoisotopic (exact) mass is 792 g/mol. The molecule has 3 heterocycles. The zero-order valence-electron chi connectivity index (χ0n) is 29.7. The quantitative estimate of drug-likeness (QED) is 0.0776. The highest BCUT2D eigenvalue weighted by Gasteiger charge is 2.31. The number of fused-ring (bicyclic) bond motifs is 1. The molecule has 0 radical (unpaired) electrons. The van der Waals surface area contributed by atoms with Gasteiger partial charge in [-0.3, -0.25) is 28.1 Å². The summed E-state index contributed by atoms with van der Waals surface area (Å²) in [6.07, 6.45) is -3.54. The number of phosphoric ester groups is 1. The third-order valence-corrected chi connectivity index (χ3v) is 9.36. The van der Waals surface area contributed by atoms with E-state index < -0.39 is 50.7 Å². The number of aromatic nitrogens is 4. The minimum atomic E-state index is -4.97. The van der Waals surface area contributed by atoms with E-state index in [9.17, 15) is 31.7 Å². The normalized spacial score (nSPS) is 11.8. The first-order valence-corrected chi connectivity index (χ1v) is 18.3. The Kier molecular flexibility index (Phi) is 12.2. The highest BCUT2D eigenvalue weighted by atomic mass is 31.2. The van der Waals surface area contributed by atoms with Crippen LogP contribution in [-0.2, 0) is 42.7 Å². The first-order valence-electron chi connectivity index (χ1n) is 16.8. The van der Waals surface area contributed by atoms with Crippen LogP contribution < -0.4 is 15.4 Å². The van der Waals surface area contributed by atoms with Gasteiger partial charge in [0, 0.05) is 23.4 Å². The number of hydrogen-bond donors (Lipinski definition) is 2. The summed E-state index contributed by atoms with van der Waals surface area (Å²) in [4.78, 5) is 34.9. The number of rotatable bonds is 15. The number of carbonyl (C=O) groups excluding carboxylic acids is 2. The summed E-state index contributed by atoms with van der Waals surface area (Å²) < 4.78 is 87.7. The maximum atomic E-state index is 14.4. The number of carbonyl (C=O) groups is 2. The fraction of sp³-hybridized carbons (Fsp3) is 0.184. The van der Waals surface area contributed by atoms with Gasteiger partial charge in [-0.1, -0.05) is 60.7 Å². The van der Waals surface area contributed by atoms with Crippen LogP contribution in [-0.4, -0.2) is 44.4 Å². The molecule has 0 aliphatic rings. The van der Waals surface area contributed by atoms with Crippen molar-refractivity contribution in [2.75, 3.05) is 11.9 Å². The van der Waals surface area contributed by atoms with Crippen molar-refractivity contribution in [1.82, 2.24) is 24.9 Å². The van der Waals surface area contributed by atoms with Crippen LogP contribution in [0, 0.1) is 19.7 Å². The van der Waals surface area contributed by atoms with Crippen LogP contribution in [0.1, 0.15) is 38.4 Å². The fourth-order valence-electron chi connectivity index (χ4n) is 5.34. The lowest BCUT2D eigenvalue weighted by molar-refractivity contribution is -0.274. The predicted molar refractivity (Wildman–Crippen MR) is 195 cm³/mol. The van der Waals surface area contributed by atoms with Crippen molar-refractivity contribution in [3.8, 4) is 17.0 Å². The van der Waals surface area contributed by atoms with E-state index in [4.69, 9.17) is 13.6 Å². The van der Waals surface area contributed by atoms with E-state index in [1.807, 2.05) is 12.1 Å². The average Bonchev–Trinajstić information content (AvgIpc) is 3.57. The van der Waals surface area contributed by atoms with Crippen molar-refractivity contribution in [3.63, 3.8) is 0 Å². The minimum absolute atomic E-state index is 0.0876. The maximum Gasteiger partial charge on any atom is 0.573 e. The van der Waals surface area contributed by atoms with Gasteiger partial charge < -0.3 is 15.4 Å². The van der Waals surface area contributed by atoms with Gasteiger partial charge in [-0.2, -0.15) is 5.10 Å². The van der Waals surface area contributed by atoms with Crippen LogP contribution in [0.5, 0.6) is 5.75 Å². The molecule has 3 aromatic carbocycles. The molecule has 0 saturated carbocycles. The number of pyridine rings is 1. The molecule has 0 unspecified atom stereocenters. The van der Waals surface area contributed by atoms with Crippen LogP contribution in [0.4, 0.5) is 23.4 Å². The Labute approximate surface area is 317 Å². The highest BCUT2D eigenvalue weighted by Crippen LogP contribution is 2.51. The number of hydrogen-bond acceptors (Lipinski definition) is 10. The molecule has 13 nitrogen and oxygen atoms in total. The zero-order chi connectivity index (χ0) is 39.9. The minimum Gasteiger partial charge on any atom is -0.406 e. The number of halogens is 4. The third-order valence-electron chi connectivity index (χ3n) is 8.02. The maximum absolute atomic E-state index is 14.4. The van der Waals surface area contributed by atoms with Gasteiger partial charge in [-0.25, -0.2) is 18.5 Å². The number of aryl methyl sites for hydroxylation is 2. The first kappa shape index (κ1) is 39.7. The molecule has 0 bridgehead atoms. The standard InChI is InChI=1S/C38H33F4N6O7P/c1-24-30(18-31(25(2)44-24)37(50)43-19-28-17-29(13-14-32(28)39)55-38(40,41)42)33-15-16-35-45-34(20-48(35)47-33)46-36(49)23-54-56(51,52-21-26-9-5-3-6-10-26)53-22-27-11-7-4-8-12-27/h3-18,20H,19,21-23H2,1-2H3,(H,43,50)(H,46,49). The Hall–Kier alpha value is -6.00. The third kappa shape index (κ3) is 10.6. The first-order chi connectivity index (χ1) is 26.7. The van der Waals surface area contributed by atoms with Crippen molar-refractivity contribution >= 4 is 31.1 Å². The lowest BCUT2D eigenvalue weighted by Gasteiger charge is -2.18. The second-order valence-electron chi connectivity index (χ2n) is 12.2. The Balaban J connectivity index is 1.12. The molecule has 0 aliphatic heterocycles. The summed E-state index contributed by atoms with van der Waals surface area (Å²) in [6, 6.07) is 25.2. The molecule has 0 saturated heterocycles. The van der Waals surface area contributed by atoms with E-state index in [0.717, 1.165) is 29.3 Å². The molecular weight excluding hydrogens is 759 g/mol. The Bertz CT molecular complexity index is 2350. The van der Waals surface area contributed by atoms with E-state index in [1.165, 1.54) is 16.8 Å². The number of amides is 2. The average molecular weight is 793 g/mol. The number of nitrogens with one attached hydrogen (secondary N) is 2. The van der Waals surface area contributed by atoms with Crippen LogP contribution in [0.3, 0.4) is 0 Å². The molecule has 2 amide bonds. The van der Waals surface area contributed by atoms with Gasteiger partial charge in [0.2, 0.25) is 0 Å². The second kappa shape index (κ2) is 17.2. The molecule has 56 heavy (non-hydrogen) atoms. The molecule has 0 aliphatic carbocycles. The Morgan fingerprint density at radius 1 is 0.821 bits per heavy atom. The summed E-state index contributed by atoms with van der Waals surface area (Å²) in [5.74, 6) is -2.72. The van der Waals surface area contributed by atoms with Crippen LogP contribution in [0.2, 0.25) is 0 Å². The van der Waals surface area contributed by atoms with Gasteiger partial charge in [0.05, 0.1) is 36.4 Å². The zero-order valence-corrected chi connectivity index (χ0v) is 30.6. The Morgan fingerprint density at radius 2 is 1.48 bits per heavy atom. The topological polar surface area (TPSA) is 155 Å². The van der Waals surface area contributed by atoms with Crippen molar-refractivity contribution in [2.24, 2.45) is 0 Å². The van der Waals surface area contributed by atoms with E-state index in [2.05, 4.69) is 30.4 Å². The number of nitrogens with zero attached hydrogens (tertiary/aromatic N) is 4. The number of ether oxygens (including phenoxy) is 1. The molecule has 6 aromatic rings. The number of benzene rings is 3. The van der Waals surface area contributed by atoms with E-state index in [0.29, 0.717) is 28.3 Å². The van der Waals surface area contributed by atoms with Gasteiger partial charge in [0.1, 0.15) is 18.2 Å². The molecule has 18 heteroatoms. The van der Waals surface area contributed by atoms with Gasteiger partial charge in [0.25, 0.3) is 11.8 Å². The lowest BCUT2D eigenvalue weighted by Crippen LogP contribution is -2.25. The smallest absolute Gasteiger partial charge is 0.406 e. The SMILES string of the molecule is Cc1nc(C)c(-c2ccc3nc(NC(=O)COP(=O)(OCc4ccccc4)OCc4ccccc4)cn3n2)cc1C(=O)NCc1cc(OC(F)(F)F)ccc1F. The summed E-state index contributed by atoms with van der Waals surface area (Å²) >= 11 is 0. The molecule has 0 fully saturated rings. The lowest BCUT2D eigenvalue weighted by atomic mass is 10.0. The molecule has 6 rings (SSSR count). The molecule has 0 atom stereocenters. The summed E-state index contributed by atoms with van der Waals surface area (Å²) in [5, 5.41) is 9.65. The number of phosphoric acid groups is 1. The van der Waals surface area contributed by atoms with Crippen LogP contribution >= 0.6 is 7.82 Å². The van der Waals surface area contributed by atoms with Crippen molar-refractivity contribution < 1.29 is 50.0 Å². The number of alkyl halides is 3. The van der Waals surface area contributed by atoms with Gasteiger partial charge in [-0.15, -0.1) is 13.2 Å². The number of imidazole rings is 1. The molecule has 2 N–H and O–H groups in total. The second-order valence-corrected chi connectivity index (χ2v) is 13.8. The molecule has 3 aromatic heterocycles. The number of anilines is 1. The van der Waals surface area contributed by atoms with Gasteiger partial charge >= 0.3 is 14.2 Å². The van der Waals surface area contributed by atoms with E-state index in [-0.39, 0.29) is 30.2 Å². The summed E-state index contributed by atoms with van der Waals surface area (Å²) in [7, 11) is -4.22. The van der Waals surface area contributed by atoms with Crippen LogP contribution in [0.25, 0.3) is 16.9 Å². The van der Waals surface area contributed by atoms with E-state index >= 15 is 0 Å². The molecule has 290 valence electrons. The van der Waals surface area contributed by atoms with Gasteiger partial charge in [0.15, 0.2) is 11.5 Å². The Morgan fingerprint density at radius 3 is 2.12 bits per heavy atom. The fourth-order valence-corrected chi connectivity index (χ4v) is 6.45. The van der Waals surface area contributed by atoms with E-state index in [1.54, 1.807) is 74.5 Å². The highest BCUT2D eigenvalue weighted by molar-refractivity contribution is 7.48. The van der Waals surface area contributed by atoms with Crippen molar-refractivity contribution in [3.05, 3.63) is 143 Å². The summed E-state index contributed by atoms with van der Waals surface area (Å²) in [6.45, 7) is 2.01. The molecular formula is C38H33F4N6O7P. The predicted octanol–water partition coefficient (Wildman–Crippen LogP) is 7.87. The van der Waals surface area contributed by atoms with Gasteiger partial charge in [-0.05, 0) is 61.4 Å². The molecule has 0 spiro atoms. The van der Waals surface area contributed by atoms with Crippen LogP contribution in [0.15, 0.2) is 103 Å².